The Balaban J connectivity index is 1.91. The second-order valence-electron chi connectivity index (χ2n) is 6.35. The molecule has 0 fully saturated rings. The Kier molecular flexibility index (Phi) is 4.58. The summed E-state index contributed by atoms with van der Waals surface area (Å²) in [6.45, 7) is 4.08. The Labute approximate surface area is 160 Å². The van der Waals surface area contributed by atoms with E-state index >= 15 is 0 Å². The summed E-state index contributed by atoms with van der Waals surface area (Å²) in [5, 5.41) is 0. The van der Waals surface area contributed by atoms with E-state index in [0.717, 1.165) is 23.0 Å². The Morgan fingerprint density at radius 3 is 2.81 bits per heavy atom. The third-order valence-corrected chi connectivity index (χ3v) is 5.52. The number of fused-ring (bicyclic) bond motifs is 3. The van der Waals surface area contributed by atoms with E-state index in [0.29, 0.717) is 21.0 Å². The Morgan fingerprint density at radius 1 is 1.22 bits per heavy atom. The van der Waals surface area contributed by atoms with Crippen molar-refractivity contribution in [1.82, 2.24) is 9.38 Å². The van der Waals surface area contributed by atoms with Crippen LogP contribution in [0.5, 0.6) is 11.5 Å². The molecule has 1 unspecified atom stereocenters. The van der Waals surface area contributed by atoms with E-state index in [-0.39, 0.29) is 11.7 Å². The van der Waals surface area contributed by atoms with Gasteiger partial charge in [-0.1, -0.05) is 42.5 Å². The Bertz CT molecular complexity index is 1230. The van der Waals surface area contributed by atoms with E-state index in [4.69, 9.17) is 9.47 Å². The monoisotopic (exact) mass is 380 g/mol. The molecule has 0 spiro atoms. The number of hydrogen-bond acceptors (Lipinski definition) is 5. The summed E-state index contributed by atoms with van der Waals surface area (Å²) in [6, 6.07) is 13.4. The molecule has 0 saturated carbocycles. The van der Waals surface area contributed by atoms with Crippen LogP contribution < -0.4 is 19.6 Å². The minimum absolute atomic E-state index is 0.0461. The maximum atomic E-state index is 13.0. The molecule has 5 nitrogen and oxygen atoms in total. The number of methoxy groups -OCH3 is 1. The van der Waals surface area contributed by atoms with Gasteiger partial charge in [0.1, 0.15) is 0 Å². The summed E-state index contributed by atoms with van der Waals surface area (Å²) >= 11 is 1.38. The highest BCUT2D eigenvalue weighted by molar-refractivity contribution is 7.15. The lowest BCUT2D eigenvalue weighted by atomic mass is 10.1. The van der Waals surface area contributed by atoms with Crippen molar-refractivity contribution in [3.8, 4) is 11.5 Å². The summed E-state index contributed by atoms with van der Waals surface area (Å²) in [4.78, 5) is 18.2. The van der Waals surface area contributed by atoms with Crippen molar-refractivity contribution >= 4 is 33.4 Å². The number of benzene rings is 2. The van der Waals surface area contributed by atoms with Crippen molar-refractivity contribution in [1.29, 1.82) is 0 Å². The third-order valence-electron chi connectivity index (χ3n) is 4.55. The molecule has 4 rings (SSSR count). The summed E-state index contributed by atoms with van der Waals surface area (Å²) in [5.74, 6) is 1.31. The van der Waals surface area contributed by atoms with Gasteiger partial charge in [0.15, 0.2) is 16.5 Å². The molecule has 4 aromatic rings. The summed E-state index contributed by atoms with van der Waals surface area (Å²) in [6.07, 6.45) is 2.78. The van der Waals surface area contributed by atoms with E-state index in [1.54, 1.807) is 11.5 Å². The molecule has 0 bridgehead atoms. The molecule has 2 aromatic heterocycles. The van der Waals surface area contributed by atoms with Crippen LogP contribution in [-0.4, -0.2) is 22.6 Å². The predicted octanol–water partition coefficient (Wildman–Crippen LogP) is 3.64. The average molecular weight is 380 g/mol. The fourth-order valence-corrected chi connectivity index (χ4v) is 3.95. The van der Waals surface area contributed by atoms with Crippen molar-refractivity contribution in [3.63, 3.8) is 0 Å². The van der Waals surface area contributed by atoms with Gasteiger partial charge in [0, 0.05) is 5.56 Å². The number of aromatic nitrogens is 2. The molecule has 0 aliphatic rings. The molecule has 0 aliphatic heterocycles. The molecule has 0 radical (unpaired) electrons. The molecule has 6 heteroatoms. The van der Waals surface area contributed by atoms with Gasteiger partial charge >= 0.3 is 0 Å². The first kappa shape index (κ1) is 17.5. The van der Waals surface area contributed by atoms with Crippen molar-refractivity contribution in [2.24, 2.45) is 0 Å². The second-order valence-corrected chi connectivity index (χ2v) is 7.36. The van der Waals surface area contributed by atoms with Gasteiger partial charge in [-0.15, -0.1) is 0 Å². The Hall–Kier alpha value is -2.86. The first-order valence-corrected chi connectivity index (χ1v) is 9.69. The molecular weight excluding hydrogens is 360 g/mol. The second kappa shape index (κ2) is 7.04. The Morgan fingerprint density at radius 2 is 2.04 bits per heavy atom. The van der Waals surface area contributed by atoms with Crippen LogP contribution in [0, 0.1) is 0 Å². The molecule has 27 heavy (non-hydrogen) atoms. The first-order valence-electron chi connectivity index (χ1n) is 8.87. The highest BCUT2D eigenvalue weighted by Gasteiger charge is 2.14. The van der Waals surface area contributed by atoms with Gasteiger partial charge in [-0.3, -0.25) is 4.79 Å². The van der Waals surface area contributed by atoms with E-state index in [1.165, 1.54) is 11.3 Å². The summed E-state index contributed by atoms with van der Waals surface area (Å²) in [7, 11) is 1.62. The van der Waals surface area contributed by atoms with E-state index < -0.39 is 0 Å². The number of thiazole rings is 1. The SMILES string of the molecule is CCC(C)Oc1c(C=c2sc3nc4ccccc4n3c2=O)cccc1OC. The largest absolute Gasteiger partial charge is 0.493 e. The van der Waals surface area contributed by atoms with Crippen LogP contribution in [0.3, 0.4) is 0 Å². The molecule has 1 atom stereocenters. The topological polar surface area (TPSA) is 52.8 Å². The molecule has 0 amide bonds. The predicted molar refractivity (Wildman–Crippen MR) is 109 cm³/mol. The lowest BCUT2D eigenvalue weighted by Crippen LogP contribution is -2.23. The van der Waals surface area contributed by atoms with E-state index in [2.05, 4.69) is 11.9 Å². The van der Waals surface area contributed by atoms with Crippen LogP contribution in [0.15, 0.2) is 47.3 Å². The van der Waals surface area contributed by atoms with E-state index in [9.17, 15) is 4.79 Å². The minimum atomic E-state index is -0.0685. The van der Waals surface area contributed by atoms with Gasteiger partial charge in [0.2, 0.25) is 0 Å². The number of nitrogens with zero attached hydrogens (tertiary/aromatic N) is 2. The zero-order valence-electron chi connectivity index (χ0n) is 15.4. The van der Waals surface area contributed by atoms with Crippen molar-refractivity contribution in [2.45, 2.75) is 26.4 Å². The standard InChI is InChI=1S/C21H20N2O3S/c1-4-13(2)26-19-14(8-7-11-17(19)25-3)12-18-20(24)23-16-10-6-5-9-15(16)22-21(23)27-18/h5-13H,4H2,1-3H3. The van der Waals surface area contributed by atoms with Gasteiger partial charge < -0.3 is 9.47 Å². The molecule has 2 aromatic carbocycles. The molecule has 138 valence electrons. The number of ether oxygens (including phenoxy) is 2. The normalized spacial score (nSPS) is 13.4. The summed E-state index contributed by atoms with van der Waals surface area (Å²) < 4.78 is 13.8. The summed E-state index contributed by atoms with van der Waals surface area (Å²) in [5.41, 5.74) is 2.41. The minimum Gasteiger partial charge on any atom is -0.493 e. The molecular formula is C21H20N2O3S. The van der Waals surface area contributed by atoms with Crippen LogP contribution in [0.1, 0.15) is 25.8 Å². The van der Waals surface area contributed by atoms with Crippen LogP contribution >= 0.6 is 11.3 Å². The van der Waals surface area contributed by atoms with E-state index in [1.807, 2.05) is 55.5 Å². The van der Waals surface area contributed by atoms with Gasteiger partial charge in [-0.2, -0.15) is 0 Å². The van der Waals surface area contributed by atoms with Gasteiger partial charge in [-0.25, -0.2) is 9.38 Å². The number of imidazole rings is 1. The quantitative estimate of drug-likeness (QED) is 0.530. The third kappa shape index (κ3) is 3.06. The van der Waals surface area contributed by atoms with Crippen LogP contribution in [-0.2, 0) is 0 Å². The fourth-order valence-electron chi connectivity index (χ4n) is 2.97. The first-order chi connectivity index (χ1) is 13.1. The maximum Gasteiger partial charge on any atom is 0.274 e. The van der Waals surface area contributed by atoms with Gasteiger partial charge in [0.25, 0.3) is 5.56 Å². The van der Waals surface area contributed by atoms with Crippen LogP contribution in [0.4, 0.5) is 0 Å². The zero-order chi connectivity index (χ0) is 19.0. The van der Waals surface area contributed by atoms with Crippen LogP contribution in [0.2, 0.25) is 0 Å². The highest BCUT2D eigenvalue weighted by Crippen LogP contribution is 2.33. The smallest absolute Gasteiger partial charge is 0.274 e. The molecule has 0 aliphatic carbocycles. The zero-order valence-corrected chi connectivity index (χ0v) is 16.2. The molecule has 0 saturated heterocycles. The van der Waals surface area contributed by atoms with Gasteiger partial charge in [0.05, 0.1) is 28.8 Å². The van der Waals surface area contributed by atoms with Crippen molar-refractivity contribution in [2.75, 3.05) is 7.11 Å². The van der Waals surface area contributed by atoms with Crippen LogP contribution in [0.25, 0.3) is 22.1 Å². The van der Waals surface area contributed by atoms with Crippen molar-refractivity contribution < 1.29 is 9.47 Å². The lowest BCUT2D eigenvalue weighted by Gasteiger charge is -2.17. The van der Waals surface area contributed by atoms with Crippen molar-refractivity contribution in [3.05, 3.63) is 62.9 Å². The highest BCUT2D eigenvalue weighted by atomic mass is 32.1. The average Bonchev–Trinajstić information content (AvgIpc) is 3.19. The lowest BCUT2D eigenvalue weighted by molar-refractivity contribution is 0.207. The number of para-hydroxylation sites is 3. The molecule has 2 heterocycles. The number of hydrogen-bond donors (Lipinski definition) is 0. The fraction of sp³-hybridized carbons (Fsp3) is 0.238. The molecule has 0 N–H and O–H groups in total. The maximum absolute atomic E-state index is 13.0. The number of rotatable bonds is 5. The van der Waals surface area contributed by atoms with Gasteiger partial charge in [-0.05, 0) is 37.6 Å².